The second-order valence-electron chi connectivity index (χ2n) is 13.6. The van der Waals surface area contributed by atoms with Crippen LogP contribution in [0.1, 0.15) is 42.9 Å². The van der Waals surface area contributed by atoms with Crippen molar-refractivity contribution in [1.29, 1.82) is 0 Å². The number of rotatable bonds is 10. The Kier molecular flexibility index (Phi) is 9.18. The molecule has 6 rings (SSSR count). The van der Waals surface area contributed by atoms with Gasteiger partial charge in [-0.1, -0.05) is 73.7 Å². The van der Waals surface area contributed by atoms with Crippen LogP contribution in [0.3, 0.4) is 0 Å². The number of nitrogens with zero attached hydrogens (tertiary/aromatic N) is 2. The van der Waals surface area contributed by atoms with Crippen molar-refractivity contribution in [3.63, 3.8) is 0 Å². The first-order valence-corrected chi connectivity index (χ1v) is 19.4. The van der Waals surface area contributed by atoms with Crippen LogP contribution in [0.2, 0.25) is 18.6 Å². The van der Waals surface area contributed by atoms with Gasteiger partial charge < -0.3 is 24.4 Å². The smallest absolute Gasteiger partial charge is 0.228 e. The summed E-state index contributed by atoms with van der Waals surface area (Å²) in [4.78, 5) is 29.8. The predicted octanol–water partition coefficient (Wildman–Crippen LogP) is 5.09. The highest BCUT2D eigenvalue weighted by Gasteiger charge is 2.51. The van der Waals surface area contributed by atoms with Crippen LogP contribution >= 0.6 is 0 Å². The third-order valence-electron chi connectivity index (χ3n) is 10.6. The summed E-state index contributed by atoms with van der Waals surface area (Å²) in [7, 11) is -0.444. The number of carbonyl (C=O) groups is 2. The van der Waals surface area contributed by atoms with Gasteiger partial charge in [-0.3, -0.25) is 9.59 Å². The molecule has 3 aliphatic rings. The highest BCUT2D eigenvalue weighted by molar-refractivity contribution is 6.91. The van der Waals surface area contributed by atoms with Gasteiger partial charge in [-0.05, 0) is 71.7 Å². The Labute approximate surface area is 268 Å². The molecule has 0 unspecified atom stereocenters. The topological polar surface area (TPSA) is 79.3 Å². The Morgan fingerprint density at radius 2 is 1.78 bits per heavy atom. The normalized spacial score (nSPS) is 24.7. The molecule has 3 aromatic carbocycles. The first-order chi connectivity index (χ1) is 21.7. The minimum atomic E-state index is -2.13. The fraction of sp³-hybridized carbons (Fsp3) is 0.459. The van der Waals surface area contributed by atoms with E-state index in [1.807, 2.05) is 46.2 Å². The van der Waals surface area contributed by atoms with E-state index in [9.17, 15) is 14.7 Å². The van der Waals surface area contributed by atoms with Crippen molar-refractivity contribution in [2.45, 2.75) is 82.5 Å². The zero-order valence-electron chi connectivity index (χ0n) is 26.9. The third kappa shape index (κ3) is 6.33. The molecule has 0 bridgehead atoms. The Balaban J connectivity index is 1.23. The highest BCUT2D eigenvalue weighted by atomic mass is 28.3. The van der Waals surface area contributed by atoms with E-state index in [0.29, 0.717) is 25.8 Å². The number of ether oxygens (including phenoxy) is 2. The summed E-state index contributed by atoms with van der Waals surface area (Å²) in [5.41, 5.74) is 4.76. The van der Waals surface area contributed by atoms with Crippen LogP contribution in [0.5, 0.6) is 5.75 Å². The molecule has 0 aliphatic carbocycles. The first kappa shape index (κ1) is 31.5. The zero-order valence-corrected chi connectivity index (χ0v) is 27.9. The van der Waals surface area contributed by atoms with Gasteiger partial charge in [0.15, 0.2) is 0 Å². The second kappa shape index (κ2) is 13.1. The quantitative estimate of drug-likeness (QED) is 0.251. The fourth-order valence-corrected chi connectivity index (χ4v) is 12.0. The maximum absolute atomic E-state index is 14.1. The number of β-lactam (4-membered cyclic amide) rings is 1. The molecule has 8 heteroatoms. The van der Waals surface area contributed by atoms with E-state index in [1.165, 1.54) is 16.3 Å². The summed E-state index contributed by atoms with van der Waals surface area (Å²) in [6, 6.07) is 24.8. The van der Waals surface area contributed by atoms with Crippen molar-refractivity contribution in [2.75, 3.05) is 25.2 Å². The molecular formula is C37H46N2O5Si. The summed E-state index contributed by atoms with van der Waals surface area (Å²) in [5.74, 6) is 1.34. The van der Waals surface area contributed by atoms with Gasteiger partial charge in [0, 0.05) is 25.2 Å². The Bertz CT molecular complexity index is 1530. The van der Waals surface area contributed by atoms with Crippen molar-refractivity contribution in [2.24, 2.45) is 5.92 Å². The number of methoxy groups -OCH3 is 1. The molecule has 3 heterocycles. The first-order valence-electron chi connectivity index (χ1n) is 16.4. The molecule has 2 saturated heterocycles. The van der Waals surface area contributed by atoms with E-state index >= 15 is 0 Å². The lowest BCUT2D eigenvalue weighted by Gasteiger charge is -2.39. The number of anilines is 1. The molecule has 45 heavy (non-hydrogen) atoms. The molecule has 0 aromatic heterocycles. The summed E-state index contributed by atoms with van der Waals surface area (Å²) in [6.07, 6.45) is 3.10. The van der Waals surface area contributed by atoms with E-state index in [-0.39, 0.29) is 48.1 Å². The van der Waals surface area contributed by atoms with Gasteiger partial charge >= 0.3 is 0 Å². The second-order valence-corrected chi connectivity index (χ2v) is 18.3. The fourth-order valence-electron chi connectivity index (χ4n) is 7.95. The van der Waals surface area contributed by atoms with Gasteiger partial charge in [0.2, 0.25) is 11.8 Å². The summed E-state index contributed by atoms with van der Waals surface area (Å²) in [5, 5.41) is 11.6. The molecular weight excluding hydrogens is 581 g/mol. The maximum Gasteiger partial charge on any atom is 0.228 e. The van der Waals surface area contributed by atoms with Crippen molar-refractivity contribution in [1.82, 2.24) is 4.90 Å². The standard InChI is InChI=1S/C37H46N2O5Si/c1-25-33(17-12-26-8-7-11-29(20-26)38-19-18-35(38)41)44-34(37(25)45(3,4)32-15-13-31(43-2)14-16-32)22-36(42)39-23-28-10-6-5-9-27(28)21-30(39)24-40/h5-11,13-16,20,25,30,33-34,37,40H,12,17-19,21-24H2,1-4H3/t25-,30+,33+,34-,37+/m1/s1. The van der Waals surface area contributed by atoms with Crippen molar-refractivity contribution in [3.05, 3.63) is 89.5 Å². The van der Waals surface area contributed by atoms with Gasteiger partial charge in [0.25, 0.3) is 0 Å². The maximum atomic E-state index is 14.1. The number of carbonyl (C=O) groups excluding carboxylic acids is 2. The highest BCUT2D eigenvalue weighted by Crippen LogP contribution is 2.47. The lowest BCUT2D eigenvalue weighted by Crippen LogP contribution is -2.52. The van der Waals surface area contributed by atoms with Crippen LogP contribution < -0.4 is 14.8 Å². The van der Waals surface area contributed by atoms with Crippen LogP contribution in [-0.2, 0) is 33.7 Å². The van der Waals surface area contributed by atoms with Gasteiger partial charge in [0.05, 0.1) is 46.5 Å². The Hall–Kier alpha value is -3.46. The largest absolute Gasteiger partial charge is 0.497 e. The number of aliphatic hydroxyl groups is 1. The van der Waals surface area contributed by atoms with Gasteiger partial charge in [-0.15, -0.1) is 0 Å². The number of aliphatic hydroxyl groups excluding tert-OH is 1. The summed E-state index contributed by atoms with van der Waals surface area (Å²) >= 11 is 0. The van der Waals surface area contributed by atoms with Crippen molar-refractivity contribution < 1.29 is 24.2 Å². The molecule has 1 N–H and O–H groups in total. The van der Waals surface area contributed by atoms with E-state index < -0.39 is 8.07 Å². The molecule has 0 radical (unpaired) electrons. The third-order valence-corrected chi connectivity index (χ3v) is 15.0. The Morgan fingerprint density at radius 1 is 1.02 bits per heavy atom. The van der Waals surface area contributed by atoms with Crippen LogP contribution in [0, 0.1) is 5.92 Å². The van der Waals surface area contributed by atoms with E-state index in [4.69, 9.17) is 9.47 Å². The van der Waals surface area contributed by atoms with Gasteiger partial charge in [-0.25, -0.2) is 0 Å². The van der Waals surface area contributed by atoms with E-state index in [0.717, 1.165) is 36.4 Å². The molecule has 3 aliphatic heterocycles. The van der Waals surface area contributed by atoms with Crippen LogP contribution in [0.15, 0.2) is 72.8 Å². The number of hydrogen-bond acceptors (Lipinski definition) is 5. The number of benzene rings is 3. The molecule has 2 amide bonds. The van der Waals surface area contributed by atoms with Crippen molar-refractivity contribution >= 4 is 30.8 Å². The van der Waals surface area contributed by atoms with Crippen molar-refractivity contribution in [3.8, 4) is 5.75 Å². The molecule has 7 nitrogen and oxygen atoms in total. The molecule has 3 aromatic rings. The summed E-state index contributed by atoms with van der Waals surface area (Å²) in [6.45, 7) is 8.36. The number of hydrogen-bond donors (Lipinski definition) is 1. The molecule has 238 valence electrons. The molecule has 0 saturated carbocycles. The number of aryl methyl sites for hydroxylation is 1. The minimum absolute atomic E-state index is 0.0165. The summed E-state index contributed by atoms with van der Waals surface area (Å²) < 4.78 is 12.4. The van der Waals surface area contributed by atoms with Crippen LogP contribution in [0.4, 0.5) is 5.69 Å². The molecule has 2 fully saturated rings. The monoisotopic (exact) mass is 626 g/mol. The van der Waals surface area contributed by atoms with E-state index in [1.54, 1.807) is 7.11 Å². The number of fused-ring (bicyclic) bond motifs is 1. The lowest BCUT2D eigenvalue weighted by atomic mass is 9.93. The van der Waals surface area contributed by atoms with Crippen LogP contribution in [-0.4, -0.2) is 68.4 Å². The Morgan fingerprint density at radius 3 is 2.44 bits per heavy atom. The predicted molar refractivity (Wildman–Crippen MR) is 180 cm³/mol. The lowest BCUT2D eigenvalue weighted by molar-refractivity contribution is -0.138. The zero-order chi connectivity index (χ0) is 31.7. The van der Waals surface area contributed by atoms with Gasteiger partial charge in [0.1, 0.15) is 5.75 Å². The van der Waals surface area contributed by atoms with Crippen LogP contribution in [0.25, 0.3) is 0 Å². The van der Waals surface area contributed by atoms with E-state index in [2.05, 4.69) is 56.4 Å². The number of amides is 2. The minimum Gasteiger partial charge on any atom is -0.497 e. The van der Waals surface area contributed by atoms with Gasteiger partial charge in [-0.2, -0.15) is 0 Å². The molecule has 5 atom stereocenters. The molecule has 0 spiro atoms. The SMILES string of the molecule is COc1ccc([Si](C)(C)[C@H]2[C@H](C)[C@H](CCc3cccc(N4CCC4=O)c3)O[C@@H]2CC(=O)N2Cc3ccccc3C[C@H]2CO)cc1. The average molecular weight is 627 g/mol. The average Bonchev–Trinajstić information content (AvgIpc) is 3.37.